The lowest BCUT2D eigenvalue weighted by Crippen LogP contribution is -2.21. The summed E-state index contributed by atoms with van der Waals surface area (Å²) in [6, 6.07) is 12.2. The fraction of sp³-hybridized carbons (Fsp3) is 0.312. The fourth-order valence-electron chi connectivity index (χ4n) is 2.05. The zero-order valence-corrected chi connectivity index (χ0v) is 13.8. The molecule has 0 aliphatic rings. The molecule has 3 aromatic rings. The molecule has 3 rings (SSSR count). The number of nitrogens with zero attached hydrogens (tertiary/aromatic N) is 1. The molecule has 110 valence electrons. The average molecular weight is 318 g/mol. The Kier molecular flexibility index (Phi) is 4.63. The summed E-state index contributed by atoms with van der Waals surface area (Å²) in [5.74, 6) is 1.81. The minimum atomic E-state index is 0.615. The number of rotatable bonds is 6. The van der Waals surface area contributed by atoms with Gasteiger partial charge < -0.3 is 9.73 Å². The van der Waals surface area contributed by atoms with Gasteiger partial charge in [-0.05, 0) is 30.5 Å². The van der Waals surface area contributed by atoms with E-state index in [1.165, 1.54) is 4.70 Å². The molecule has 1 N–H and O–H groups in total. The quantitative estimate of drug-likeness (QED) is 0.731. The summed E-state index contributed by atoms with van der Waals surface area (Å²) < 4.78 is 7.09. The summed E-state index contributed by atoms with van der Waals surface area (Å²) in [6.45, 7) is 3.96. The van der Waals surface area contributed by atoms with E-state index in [-0.39, 0.29) is 0 Å². The number of hydrogen-bond donors (Lipinski definition) is 1. The molecule has 0 amide bonds. The van der Waals surface area contributed by atoms with Crippen molar-refractivity contribution in [1.82, 2.24) is 10.3 Å². The van der Waals surface area contributed by atoms with Crippen LogP contribution in [0.15, 0.2) is 40.8 Å². The predicted octanol–water partition coefficient (Wildman–Crippen LogP) is 4.40. The van der Waals surface area contributed by atoms with E-state index in [1.807, 2.05) is 42.1 Å². The van der Waals surface area contributed by atoms with Gasteiger partial charge in [0.1, 0.15) is 5.76 Å². The van der Waals surface area contributed by atoms with E-state index in [0.29, 0.717) is 5.25 Å². The smallest absolute Gasteiger partial charge is 0.163 e. The van der Waals surface area contributed by atoms with Gasteiger partial charge in [-0.25, -0.2) is 4.98 Å². The zero-order valence-electron chi connectivity index (χ0n) is 12.1. The van der Waals surface area contributed by atoms with Gasteiger partial charge >= 0.3 is 0 Å². The fourth-order valence-corrected chi connectivity index (χ4v) is 3.26. The van der Waals surface area contributed by atoms with Gasteiger partial charge in [-0.1, -0.05) is 19.1 Å². The molecule has 1 unspecified atom stereocenters. The third-order valence-electron chi connectivity index (χ3n) is 3.30. The first-order valence-corrected chi connectivity index (χ1v) is 9.05. The van der Waals surface area contributed by atoms with Crippen LogP contribution in [0.1, 0.15) is 12.7 Å². The molecule has 2 heterocycles. The summed E-state index contributed by atoms with van der Waals surface area (Å²) in [4.78, 5) is 4.62. The van der Waals surface area contributed by atoms with E-state index in [4.69, 9.17) is 4.42 Å². The first kappa shape index (κ1) is 14.6. The Balaban J connectivity index is 1.69. The lowest BCUT2D eigenvalue weighted by atomic mass is 10.3. The number of hydrogen-bond acceptors (Lipinski definition) is 5. The van der Waals surface area contributed by atoms with Crippen molar-refractivity contribution in [2.75, 3.05) is 12.8 Å². The van der Waals surface area contributed by atoms with E-state index in [1.54, 1.807) is 11.3 Å². The normalized spacial score (nSPS) is 12.9. The van der Waals surface area contributed by atoms with Crippen LogP contribution in [0.4, 0.5) is 0 Å². The lowest BCUT2D eigenvalue weighted by Gasteiger charge is -2.07. The summed E-state index contributed by atoms with van der Waals surface area (Å²) >= 11 is 3.53. The highest BCUT2D eigenvalue weighted by Gasteiger charge is 2.10. The molecule has 0 saturated heterocycles. The summed E-state index contributed by atoms with van der Waals surface area (Å²) in [7, 11) is 0. The Morgan fingerprint density at radius 1 is 1.29 bits per heavy atom. The van der Waals surface area contributed by atoms with Gasteiger partial charge in [0.25, 0.3) is 0 Å². The molecule has 0 spiro atoms. The highest BCUT2D eigenvalue weighted by Crippen LogP contribution is 2.31. The van der Waals surface area contributed by atoms with E-state index in [2.05, 4.69) is 29.5 Å². The molecule has 0 aliphatic heterocycles. The minimum Gasteiger partial charge on any atom is -0.457 e. The maximum atomic E-state index is 5.89. The van der Waals surface area contributed by atoms with Crippen molar-refractivity contribution in [3.63, 3.8) is 0 Å². The highest BCUT2D eigenvalue weighted by atomic mass is 32.2. The molecule has 2 aromatic heterocycles. The van der Waals surface area contributed by atoms with Crippen LogP contribution < -0.4 is 5.32 Å². The van der Waals surface area contributed by atoms with Gasteiger partial charge in [0.2, 0.25) is 0 Å². The third kappa shape index (κ3) is 3.48. The van der Waals surface area contributed by atoms with Crippen molar-refractivity contribution >= 4 is 33.3 Å². The van der Waals surface area contributed by atoms with Crippen LogP contribution in [0, 0.1) is 0 Å². The number of para-hydroxylation sites is 1. The topological polar surface area (TPSA) is 38.1 Å². The number of thiazole rings is 1. The van der Waals surface area contributed by atoms with Gasteiger partial charge in [0, 0.05) is 11.8 Å². The van der Waals surface area contributed by atoms with E-state index in [9.17, 15) is 0 Å². The summed E-state index contributed by atoms with van der Waals surface area (Å²) in [6.07, 6.45) is 2.13. The van der Waals surface area contributed by atoms with Crippen molar-refractivity contribution in [3.8, 4) is 10.8 Å². The van der Waals surface area contributed by atoms with Crippen molar-refractivity contribution < 1.29 is 4.42 Å². The Morgan fingerprint density at radius 3 is 2.95 bits per heavy atom. The van der Waals surface area contributed by atoms with Gasteiger partial charge in [0.15, 0.2) is 10.8 Å². The third-order valence-corrected chi connectivity index (χ3v) is 5.32. The first-order valence-electron chi connectivity index (χ1n) is 6.94. The number of nitrogens with one attached hydrogen (secondary N) is 1. The zero-order chi connectivity index (χ0) is 14.7. The largest absolute Gasteiger partial charge is 0.457 e. The molecular formula is C16H18N2OS2. The Morgan fingerprint density at radius 2 is 2.14 bits per heavy atom. The second kappa shape index (κ2) is 6.64. The Bertz CT molecular complexity index is 687. The van der Waals surface area contributed by atoms with Gasteiger partial charge in [-0.2, -0.15) is 11.8 Å². The maximum absolute atomic E-state index is 5.89. The first-order chi connectivity index (χ1) is 10.3. The Hall–Kier alpha value is -1.30. The van der Waals surface area contributed by atoms with Crippen molar-refractivity contribution in [2.45, 2.75) is 18.7 Å². The van der Waals surface area contributed by atoms with Crippen LogP contribution in [-0.4, -0.2) is 23.0 Å². The van der Waals surface area contributed by atoms with E-state index >= 15 is 0 Å². The number of aromatic nitrogens is 1. The number of thioether (sulfide) groups is 1. The summed E-state index contributed by atoms with van der Waals surface area (Å²) in [5, 5.41) is 4.97. The molecular weight excluding hydrogens is 300 g/mol. The average Bonchev–Trinajstić information content (AvgIpc) is 3.13. The van der Waals surface area contributed by atoms with Gasteiger partial charge in [-0.15, -0.1) is 11.3 Å². The molecule has 0 radical (unpaired) electrons. The standard InChI is InChI=1S/C16H18N2OS2/c1-11(20-2)9-17-10-12-7-8-14(19-12)16-18-13-5-3-4-6-15(13)21-16/h3-8,11,17H,9-10H2,1-2H3. The monoisotopic (exact) mass is 318 g/mol. The SMILES string of the molecule is CSC(C)CNCc1ccc(-c2nc3ccccc3s2)o1. The second-order valence-electron chi connectivity index (χ2n) is 4.93. The van der Waals surface area contributed by atoms with E-state index < -0.39 is 0 Å². The number of benzene rings is 1. The van der Waals surface area contributed by atoms with Crippen LogP contribution in [0.5, 0.6) is 0 Å². The number of fused-ring (bicyclic) bond motifs is 1. The molecule has 0 fully saturated rings. The molecule has 1 aromatic carbocycles. The van der Waals surface area contributed by atoms with Gasteiger partial charge in [-0.3, -0.25) is 0 Å². The maximum Gasteiger partial charge on any atom is 0.163 e. The molecule has 21 heavy (non-hydrogen) atoms. The minimum absolute atomic E-state index is 0.615. The Labute approximate surface area is 132 Å². The van der Waals surface area contributed by atoms with Crippen molar-refractivity contribution in [3.05, 3.63) is 42.2 Å². The van der Waals surface area contributed by atoms with E-state index in [0.717, 1.165) is 35.1 Å². The summed E-state index contributed by atoms with van der Waals surface area (Å²) in [5.41, 5.74) is 1.03. The van der Waals surface area contributed by atoms with Crippen LogP contribution in [-0.2, 0) is 6.54 Å². The number of furan rings is 1. The molecule has 3 nitrogen and oxygen atoms in total. The second-order valence-corrected chi connectivity index (χ2v) is 7.24. The van der Waals surface area contributed by atoms with Crippen molar-refractivity contribution in [2.24, 2.45) is 0 Å². The van der Waals surface area contributed by atoms with Crippen LogP contribution >= 0.6 is 23.1 Å². The molecule has 0 aliphatic carbocycles. The highest BCUT2D eigenvalue weighted by molar-refractivity contribution is 7.99. The van der Waals surface area contributed by atoms with Crippen LogP contribution in [0.25, 0.3) is 21.0 Å². The van der Waals surface area contributed by atoms with Crippen LogP contribution in [0.3, 0.4) is 0 Å². The molecule has 1 atom stereocenters. The van der Waals surface area contributed by atoms with Crippen LogP contribution in [0.2, 0.25) is 0 Å². The molecule has 0 bridgehead atoms. The van der Waals surface area contributed by atoms with Gasteiger partial charge in [0.05, 0.1) is 16.8 Å². The molecule has 5 heteroatoms. The molecule has 0 saturated carbocycles. The van der Waals surface area contributed by atoms with Crippen molar-refractivity contribution in [1.29, 1.82) is 0 Å². The lowest BCUT2D eigenvalue weighted by molar-refractivity contribution is 0.494. The predicted molar refractivity (Wildman–Crippen MR) is 92.0 cm³/mol.